The van der Waals surface area contributed by atoms with Gasteiger partial charge in [0.1, 0.15) is 5.41 Å². The van der Waals surface area contributed by atoms with E-state index in [0.717, 1.165) is 24.8 Å². The second-order valence-corrected chi connectivity index (χ2v) is 9.39. The molecule has 0 amide bonds. The molecule has 2 spiro atoms. The maximum absolute atomic E-state index is 13.0. The summed E-state index contributed by atoms with van der Waals surface area (Å²) in [4.78, 5) is 13.0. The minimum Gasteiger partial charge on any atom is -0.434 e. The van der Waals surface area contributed by atoms with Crippen molar-refractivity contribution in [2.24, 2.45) is 34.0 Å². The molecule has 0 unspecified atom stereocenters. The van der Waals surface area contributed by atoms with Crippen LogP contribution < -0.4 is 0 Å². The van der Waals surface area contributed by atoms with E-state index in [0.29, 0.717) is 6.42 Å². The lowest BCUT2D eigenvalue weighted by molar-refractivity contribution is -0.256. The van der Waals surface area contributed by atoms with E-state index in [1.54, 1.807) is 0 Å². The van der Waals surface area contributed by atoms with E-state index in [1.165, 1.54) is 0 Å². The van der Waals surface area contributed by atoms with Crippen LogP contribution in [0, 0.1) is 34.0 Å². The standard InChI is InChI=1S/C20H26O5/c1-10-11-5-6-12-19-8-4-7-18(2,3)13(19)15(22)24-17(19)25-16(23)20(12,9-11)14(10)21/h4,8,11-15,17,21-22H,1,5-7,9H2,2-3H3/t11-,12+,13-,14-,15-,17+,19-,20+/m1/s1. The lowest BCUT2D eigenvalue weighted by Crippen LogP contribution is -2.64. The molecule has 5 aliphatic rings. The summed E-state index contributed by atoms with van der Waals surface area (Å²) in [5.74, 6) is -0.469. The van der Waals surface area contributed by atoms with E-state index >= 15 is 0 Å². The molecule has 8 atom stereocenters. The predicted molar refractivity (Wildman–Crippen MR) is 88.8 cm³/mol. The number of fused-ring (bicyclic) bond motifs is 1. The first kappa shape index (κ1) is 16.0. The second kappa shape index (κ2) is 4.56. The number of aliphatic hydroxyl groups excluding tert-OH is 2. The average molecular weight is 346 g/mol. The second-order valence-electron chi connectivity index (χ2n) is 9.39. The minimum absolute atomic E-state index is 0.102. The summed E-state index contributed by atoms with van der Waals surface area (Å²) in [5, 5.41) is 21.7. The van der Waals surface area contributed by atoms with E-state index in [4.69, 9.17) is 9.47 Å². The summed E-state index contributed by atoms with van der Waals surface area (Å²) in [6.45, 7) is 8.34. The molecule has 3 aliphatic carbocycles. The van der Waals surface area contributed by atoms with Crippen LogP contribution in [-0.2, 0) is 14.3 Å². The lowest BCUT2D eigenvalue weighted by atomic mass is 9.46. The van der Waals surface area contributed by atoms with Crippen molar-refractivity contribution >= 4 is 5.97 Å². The molecular weight excluding hydrogens is 320 g/mol. The lowest BCUT2D eigenvalue weighted by Gasteiger charge is -2.58. The third kappa shape index (κ3) is 1.59. The van der Waals surface area contributed by atoms with Crippen molar-refractivity contribution in [3.05, 3.63) is 24.3 Å². The first-order valence-electron chi connectivity index (χ1n) is 9.34. The van der Waals surface area contributed by atoms with E-state index in [1.807, 2.05) is 0 Å². The van der Waals surface area contributed by atoms with Gasteiger partial charge in [-0.1, -0.05) is 32.6 Å². The number of esters is 1. The zero-order valence-electron chi connectivity index (χ0n) is 14.8. The largest absolute Gasteiger partial charge is 0.434 e. The van der Waals surface area contributed by atoms with Crippen LogP contribution in [-0.4, -0.2) is 34.9 Å². The van der Waals surface area contributed by atoms with Gasteiger partial charge in [-0.3, -0.25) is 4.79 Å². The van der Waals surface area contributed by atoms with Crippen LogP contribution in [0.15, 0.2) is 24.3 Å². The summed E-state index contributed by atoms with van der Waals surface area (Å²) < 4.78 is 11.6. The Kier molecular flexibility index (Phi) is 2.93. The number of hydrogen-bond acceptors (Lipinski definition) is 5. The Hall–Kier alpha value is -1.17. The Labute approximate surface area is 147 Å². The summed E-state index contributed by atoms with van der Waals surface area (Å²) >= 11 is 0. The van der Waals surface area contributed by atoms with Gasteiger partial charge in [0.2, 0.25) is 6.29 Å². The number of carbonyl (C=O) groups excluding carboxylic acids is 1. The fourth-order valence-electron chi connectivity index (χ4n) is 6.97. The van der Waals surface area contributed by atoms with E-state index in [9.17, 15) is 15.0 Å². The van der Waals surface area contributed by atoms with Crippen LogP contribution in [0.1, 0.15) is 39.5 Å². The zero-order chi connectivity index (χ0) is 17.8. The number of allylic oxidation sites excluding steroid dienone is 1. The van der Waals surface area contributed by atoms with Crippen molar-refractivity contribution in [2.45, 2.75) is 58.2 Å². The monoisotopic (exact) mass is 346 g/mol. The maximum atomic E-state index is 13.0. The molecular formula is C20H26O5. The Bertz CT molecular complexity index is 696. The SMILES string of the molecule is C=C1[C@@H]2CC[C@@H]3[C@](C2)(C(=O)O[C@@H]2O[C@@H](O)[C@@H]4C(C)(C)CC=C[C@]243)[C@@H]1O. The highest BCUT2D eigenvalue weighted by Gasteiger charge is 2.77. The fourth-order valence-corrected chi connectivity index (χ4v) is 6.97. The van der Waals surface area contributed by atoms with Crippen LogP contribution in [0.4, 0.5) is 0 Å². The maximum Gasteiger partial charge on any atom is 0.317 e. The molecule has 5 nitrogen and oxygen atoms in total. The Morgan fingerprint density at radius 1 is 1.28 bits per heavy atom. The molecule has 2 saturated heterocycles. The number of aliphatic hydroxyl groups is 2. The van der Waals surface area contributed by atoms with Gasteiger partial charge in [-0.2, -0.15) is 0 Å². The molecule has 2 heterocycles. The number of ether oxygens (including phenoxy) is 2. The van der Waals surface area contributed by atoms with Gasteiger partial charge in [0.05, 0.1) is 11.5 Å². The molecule has 2 saturated carbocycles. The van der Waals surface area contributed by atoms with Gasteiger partial charge in [0.15, 0.2) is 6.29 Å². The molecule has 2 aliphatic heterocycles. The van der Waals surface area contributed by atoms with Gasteiger partial charge in [-0.05, 0) is 48.5 Å². The quantitative estimate of drug-likeness (QED) is 0.519. The van der Waals surface area contributed by atoms with Crippen LogP contribution in [0.3, 0.4) is 0 Å². The first-order chi connectivity index (χ1) is 11.7. The van der Waals surface area contributed by atoms with Crippen LogP contribution in [0.5, 0.6) is 0 Å². The van der Waals surface area contributed by atoms with Crippen molar-refractivity contribution in [3.63, 3.8) is 0 Å². The number of carbonyl (C=O) groups is 1. The topological polar surface area (TPSA) is 76.0 Å². The van der Waals surface area contributed by atoms with Crippen molar-refractivity contribution in [1.82, 2.24) is 0 Å². The fraction of sp³-hybridized carbons (Fsp3) is 0.750. The Morgan fingerprint density at radius 2 is 2.04 bits per heavy atom. The van der Waals surface area contributed by atoms with Gasteiger partial charge in [-0.25, -0.2) is 0 Å². The van der Waals surface area contributed by atoms with Gasteiger partial charge >= 0.3 is 5.97 Å². The molecule has 4 fully saturated rings. The summed E-state index contributed by atoms with van der Waals surface area (Å²) in [7, 11) is 0. The minimum atomic E-state index is -0.965. The van der Waals surface area contributed by atoms with Gasteiger partial charge in [0.25, 0.3) is 0 Å². The van der Waals surface area contributed by atoms with Crippen molar-refractivity contribution in [1.29, 1.82) is 0 Å². The summed E-state index contributed by atoms with van der Waals surface area (Å²) in [6.07, 6.45) is 4.83. The van der Waals surface area contributed by atoms with Crippen molar-refractivity contribution in [2.75, 3.05) is 0 Å². The normalized spacial score (nSPS) is 55.4. The molecule has 0 aromatic heterocycles. The smallest absolute Gasteiger partial charge is 0.317 e. The highest BCUT2D eigenvalue weighted by atomic mass is 16.8. The first-order valence-corrected chi connectivity index (χ1v) is 9.34. The van der Waals surface area contributed by atoms with Gasteiger partial charge in [0, 0.05) is 5.92 Å². The molecule has 0 radical (unpaired) electrons. The van der Waals surface area contributed by atoms with Crippen molar-refractivity contribution < 1.29 is 24.5 Å². The molecule has 2 bridgehead atoms. The molecule has 0 aromatic carbocycles. The molecule has 5 heteroatoms. The zero-order valence-corrected chi connectivity index (χ0v) is 14.8. The molecule has 136 valence electrons. The average Bonchev–Trinajstić information content (AvgIpc) is 2.95. The summed E-state index contributed by atoms with van der Waals surface area (Å²) in [5.41, 5.74) is -0.930. The molecule has 5 rings (SSSR count). The molecule has 25 heavy (non-hydrogen) atoms. The van der Waals surface area contributed by atoms with Crippen LogP contribution in [0.25, 0.3) is 0 Å². The number of rotatable bonds is 0. The van der Waals surface area contributed by atoms with Gasteiger partial charge < -0.3 is 19.7 Å². The molecule has 2 N–H and O–H groups in total. The third-order valence-corrected chi connectivity index (χ3v) is 7.96. The van der Waals surface area contributed by atoms with E-state index in [-0.39, 0.29) is 29.1 Å². The molecule has 0 aromatic rings. The van der Waals surface area contributed by atoms with Crippen LogP contribution in [0.2, 0.25) is 0 Å². The Balaban J connectivity index is 1.73. The number of hydrogen-bond donors (Lipinski definition) is 2. The Morgan fingerprint density at radius 3 is 2.80 bits per heavy atom. The third-order valence-electron chi connectivity index (χ3n) is 7.96. The van der Waals surface area contributed by atoms with Gasteiger partial charge in [-0.15, -0.1) is 0 Å². The van der Waals surface area contributed by atoms with E-state index < -0.39 is 29.5 Å². The van der Waals surface area contributed by atoms with E-state index in [2.05, 4.69) is 32.6 Å². The predicted octanol–water partition coefficient (Wildman–Crippen LogP) is 2.14. The van der Waals surface area contributed by atoms with Crippen molar-refractivity contribution in [3.8, 4) is 0 Å². The summed E-state index contributed by atoms with van der Waals surface area (Å²) in [6, 6.07) is 0. The highest BCUT2D eigenvalue weighted by molar-refractivity contribution is 5.82. The highest BCUT2D eigenvalue weighted by Crippen LogP contribution is 2.71. The van der Waals surface area contributed by atoms with Crippen LogP contribution >= 0.6 is 0 Å².